The zero-order valence-corrected chi connectivity index (χ0v) is 6.53. The van der Waals surface area contributed by atoms with E-state index in [0.29, 0.717) is 11.5 Å². The maximum absolute atomic E-state index is 11.8. The molecule has 1 saturated heterocycles. The van der Waals surface area contributed by atoms with Crippen molar-refractivity contribution in [2.45, 2.75) is 12.8 Å². The number of carbonyl (C=O) groups is 1. The Balaban J connectivity index is 2.54. The molecule has 0 aromatic heterocycles. The Morgan fingerprint density at radius 2 is 2.18 bits per heavy atom. The maximum atomic E-state index is 11.8. The fourth-order valence-corrected chi connectivity index (χ4v) is 2.15. The highest BCUT2D eigenvalue weighted by Gasteiger charge is 2.47. The molecule has 0 radical (unpaired) electrons. The van der Waals surface area contributed by atoms with E-state index in [4.69, 9.17) is 5.11 Å². The third kappa shape index (κ3) is 1.64. The molecule has 1 N–H and O–H groups in total. The third-order valence-corrected chi connectivity index (χ3v) is 3.27. The van der Waals surface area contributed by atoms with E-state index in [1.807, 2.05) is 0 Å². The summed E-state index contributed by atoms with van der Waals surface area (Å²) in [5.74, 6) is -0.434. The number of hydrogen-bond donors (Lipinski definition) is 1. The second-order valence-corrected chi connectivity index (χ2v) is 3.66. The monoisotopic (exact) mass is 182 g/mol. The van der Waals surface area contributed by atoms with E-state index in [-0.39, 0.29) is 0 Å². The molecule has 0 amide bonds. The van der Waals surface area contributed by atoms with Gasteiger partial charge in [0.15, 0.2) is 0 Å². The number of thioether (sulfide) groups is 1. The van der Waals surface area contributed by atoms with Gasteiger partial charge in [-0.25, -0.2) is 8.78 Å². The number of carboxylic acids is 1. The number of halogens is 2. The largest absolute Gasteiger partial charge is 0.481 e. The van der Waals surface area contributed by atoms with Crippen LogP contribution in [0.2, 0.25) is 0 Å². The molecular formula is C6H8F2O2S. The van der Waals surface area contributed by atoms with Crippen LogP contribution in [-0.4, -0.2) is 29.0 Å². The van der Waals surface area contributed by atoms with E-state index in [9.17, 15) is 13.6 Å². The van der Waals surface area contributed by atoms with Crippen LogP contribution in [0.1, 0.15) is 6.42 Å². The molecule has 0 unspecified atom stereocenters. The summed E-state index contributed by atoms with van der Waals surface area (Å²) in [5, 5.41) is 8.59. The predicted octanol–water partition coefficient (Wildman–Crippen LogP) is 1.46. The van der Waals surface area contributed by atoms with Crippen molar-refractivity contribution < 1.29 is 18.7 Å². The highest BCUT2D eigenvalue weighted by molar-refractivity contribution is 8.00. The number of rotatable bonds is 3. The van der Waals surface area contributed by atoms with Crippen LogP contribution in [0.4, 0.5) is 8.78 Å². The Morgan fingerprint density at radius 1 is 1.64 bits per heavy atom. The second-order valence-electron chi connectivity index (χ2n) is 2.67. The van der Waals surface area contributed by atoms with E-state index in [1.165, 1.54) is 11.8 Å². The smallest absolute Gasteiger partial charge is 0.311 e. The van der Waals surface area contributed by atoms with Crippen LogP contribution < -0.4 is 0 Å². The molecule has 0 aromatic carbocycles. The number of aliphatic carboxylic acids is 1. The number of carboxylic acid groups (broad SMARTS) is 1. The zero-order chi connectivity index (χ0) is 8.48. The van der Waals surface area contributed by atoms with Crippen LogP contribution in [-0.2, 0) is 4.79 Å². The first-order valence-corrected chi connectivity index (χ1v) is 4.32. The van der Waals surface area contributed by atoms with Crippen LogP contribution in [0, 0.1) is 5.41 Å². The molecule has 0 spiro atoms. The Labute approximate surface area is 67.0 Å². The van der Waals surface area contributed by atoms with Gasteiger partial charge in [-0.3, -0.25) is 4.79 Å². The molecule has 1 fully saturated rings. The van der Waals surface area contributed by atoms with Crippen molar-refractivity contribution in [3.8, 4) is 0 Å². The van der Waals surface area contributed by atoms with Gasteiger partial charge >= 0.3 is 5.97 Å². The lowest BCUT2D eigenvalue weighted by molar-refractivity contribution is -0.149. The van der Waals surface area contributed by atoms with E-state index >= 15 is 0 Å². The van der Waals surface area contributed by atoms with Gasteiger partial charge in [-0.05, 0) is 0 Å². The Hall–Kier alpha value is -0.320. The first-order chi connectivity index (χ1) is 5.07. The molecule has 1 aliphatic heterocycles. The summed E-state index contributed by atoms with van der Waals surface area (Å²) >= 11 is 1.40. The van der Waals surface area contributed by atoms with E-state index < -0.39 is 24.2 Å². The van der Waals surface area contributed by atoms with Crippen molar-refractivity contribution in [3.05, 3.63) is 0 Å². The Bertz CT molecular complexity index is 168. The molecule has 1 rings (SSSR count). The number of alkyl halides is 2. The van der Waals surface area contributed by atoms with E-state index in [1.54, 1.807) is 0 Å². The summed E-state index contributed by atoms with van der Waals surface area (Å²) < 4.78 is 23.7. The predicted molar refractivity (Wildman–Crippen MR) is 38.0 cm³/mol. The van der Waals surface area contributed by atoms with Crippen LogP contribution in [0.15, 0.2) is 0 Å². The highest BCUT2D eigenvalue weighted by Crippen LogP contribution is 2.42. The first-order valence-electron chi connectivity index (χ1n) is 3.16. The summed E-state index contributed by atoms with van der Waals surface area (Å²) in [4.78, 5) is 10.5. The third-order valence-electron chi connectivity index (χ3n) is 1.76. The average molecular weight is 182 g/mol. The molecule has 0 saturated carbocycles. The molecule has 0 aromatic rings. The van der Waals surface area contributed by atoms with Crippen LogP contribution in [0.3, 0.4) is 0 Å². The van der Waals surface area contributed by atoms with Crippen molar-refractivity contribution in [1.82, 2.24) is 0 Å². The van der Waals surface area contributed by atoms with E-state index in [2.05, 4.69) is 0 Å². The first kappa shape index (κ1) is 8.77. The maximum Gasteiger partial charge on any atom is 0.311 e. The van der Waals surface area contributed by atoms with Crippen LogP contribution >= 0.6 is 11.8 Å². The fourth-order valence-electron chi connectivity index (χ4n) is 0.972. The summed E-state index contributed by atoms with van der Waals surface area (Å²) in [5.41, 5.74) is -1.13. The summed E-state index contributed by atoms with van der Waals surface area (Å²) in [7, 11) is 0. The molecule has 11 heavy (non-hydrogen) atoms. The van der Waals surface area contributed by atoms with Gasteiger partial charge in [-0.2, -0.15) is 11.8 Å². The van der Waals surface area contributed by atoms with Crippen LogP contribution in [0.25, 0.3) is 0 Å². The van der Waals surface area contributed by atoms with Crippen molar-refractivity contribution in [2.75, 3.05) is 11.5 Å². The average Bonchev–Trinajstić information content (AvgIpc) is 1.77. The fraction of sp³-hybridized carbons (Fsp3) is 0.833. The van der Waals surface area contributed by atoms with Gasteiger partial charge < -0.3 is 5.11 Å². The minimum atomic E-state index is -2.51. The molecular weight excluding hydrogens is 174 g/mol. The number of hydrogen-bond acceptors (Lipinski definition) is 2. The molecule has 0 bridgehead atoms. The van der Waals surface area contributed by atoms with Gasteiger partial charge in [0.25, 0.3) is 0 Å². The van der Waals surface area contributed by atoms with Gasteiger partial charge in [0.1, 0.15) is 0 Å². The molecule has 1 aliphatic rings. The summed E-state index contributed by atoms with van der Waals surface area (Å²) in [6, 6.07) is 0. The molecule has 0 atom stereocenters. The van der Waals surface area contributed by atoms with Gasteiger partial charge in [0.05, 0.1) is 5.41 Å². The molecule has 64 valence electrons. The molecule has 1 heterocycles. The lowest BCUT2D eigenvalue weighted by Gasteiger charge is -2.36. The second kappa shape index (κ2) is 2.97. The quantitative estimate of drug-likeness (QED) is 0.718. The van der Waals surface area contributed by atoms with Gasteiger partial charge in [0.2, 0.25) is 6.43 Å². The summed E-state index contributed by atoms with van der Waals surface area (Å²) in [6.45, 7) is 0. The van der Waals surface area contributed by atoms with Crippen LogP contribution in [0.5, 0.6) is 0 Å². The SMILES string of the molecule is O=C(O)C1(CC(F)F)CSC1. The molecule has 5 heteroatoms. The van der Waals surface area contributed by atoms with Gasteiger partial charge in [-0.15, -0.1) is 0 Å². The standard InChI is InChI=1S/C6H8F2O2S/c7-4(8)1-6(5(9)10)2-11-3-6/h4H,1-3H2,(H,9,10). The van der Waals surface area contributed by atoms with Crippen molar-refractivity contribution in [1.29, 1.82) is 0 Å². The Morgan fingerprint density at radius 3 is 2.27 bits per heavy atom. The van der Waals surface area contributed by atoms with Gasteiger partial charge in [0, 0.05) is 17.9 Å². The van der Waals surface area contributed by atoms with Crippen molar-refractivity contribution >= 4 is 17.7 Å². The van der Waals surface area contributed by atoms with E-state index in [0.717, 1.165) is 0 Å². The zero-order valence-electron chi connectivity index (χ0n) is 5.72. The summed E-state index contributed by atoms with van der Waals surface area (Å²) in [6.07, 6.45) is -3.01. The minimum Gasteiger partial charge on any atom is -0.481 e. The normalized spacial score (nSPS) is 21.4. The minimum absolute atomic E-state index is 0.326. The van der Waals surface area contributed by atoms with Crippen molar-refractivity contribution in [2.24, 2.45) is 5.41 Å². The molecule has 0 aliphatic carbocycles. The lowest BCUT2D eigenvalue weighted by atomic mass is 9.88. The highest BCUT2D eigenvalue weighted by atomic mass is 32.2. The lowest BCUT2D eigenvalue weighted by Crippen LogP contribution is -2.44. The topological polar surface area (TPSA) is 37.3 Å². The van der Waals surface area contributed by atoms with Gasteiger partial charge in [-0.1, -0.05) is 0 Å². The Kier molecular flexibility index (Phi) is 2.37. The molecule has 2 nitrogen and oxygen atoms in total. The van der Waals surface area contributed by atoms with Crippen molar-refractivity contribution in [3.63, 3.8) is 0 Å².